The van der Waals surface area contributed by atoms with Crippen molar-refractivity contribution in [3.05, 3.63) is 267 Å². The Morgan fingerprint density at radius 1 is 0.188 bits per heavy atom. The molecular formula is C62H44N2. The molecule has 0 amide bonds. The van der Waals surface area contributed by atoms with Crippen LogP contribution in [0.25, 0.3) is 66.1 Å². The quantitative estimate of drug-likeness (QED) is 0.127. The molecule has 0 atom stereocenters. The van der Waals surface area contributed by atoms with Gasteiger partial charge in [0.25, 0.3) is 0 Å². The first kappa shape index (κ1) is 38.5. The van der Waals surface area contributed by atoms with E-state index in [-0.39, 0.29) is 0 Å². The average molecular weight is 817 g/mol. The van der Waals surface area contributed by atoms with Crippen molar-refractivity contribution in [1.82, 2.24) is 0 Å². The molecule has 0 saturated carbocycles. The van der Waals surface area contributed by atoms with Gasteiger partial charge in [-0.25, -0.2) is 0 Å². The van der Waals surface area contributed by atoms with E-state index < -0.39 is 0 Å². The molecule has 64 heavy (non-hydrogen) atoms. The number of benzene rings is 11. The van der Waals surface area contributed by atoms with Crippen LogP contribution in [0.15, 0.2) is 267 Å². The first-order valence-corrected chi connectivity index (χ1v) is 21.9. The van der Waals surface area contributed by atoms with E-state index in [0.29, 0.717) is 0 Å². The summed E-state index contributed by atoms with van der Waals surface area (Å²) in [6.07, 6.45) is 0. The molecule has 0 N–H and O–H groups in total. The second-order valence-electron chi connectivity index (χ2n) is 16.2. The van der Waals surface area contributed by atoms with Gasteiger partial charge in [-0.05, 0) is 133 Å². The van der Waals surface area contributed by atoms with E-state index in [9.17, 15) is 0 Å². The minimum absolute atomic E-state index is 1.10. The van der Waals surface area contributed by atoms with E-state index in [2.05, 4.69) is 277 Å². The predicted octanol–water partition coefficient (Wildman–Crippen LogP) is 17.6. The first-order valence-electron chi connectivity index (χ1n) is 21.9. The summed E-state index contributed by atoms with van der Waals surface area (Å²) < 4.78 is 0. The summed E-state index contributed by atoms with van der Waals surface area (Å²) in [7, 11) is 0. The standard InChI is InChI=1S/C62H44N2/c1-4-15-45(16-5-1)47-29-39-57(40-30-47)64(62-44-53-19-10-11-24-59(53)60-25-12-13-26-61(60)62)58-41-31-49(32-42-58)48-27-35-55(36-28-48)63(54-22-8-3-9-23-54)56-37-33-50(34-38-56)52-21-14-20-51(43-52)46-17-6-2-7-18-46/h1-44H. The molecular weight excluding hydrogens is 773 g/mol. The van der Waals surface area contributed by atoms with Crippen molar-refractivity contribution in [3.8, 4) is 44.5 Å². The van der Waals surface area contributed by atoms with Crippen molar-refractivity contribution < 1.29 is 0 Å². The Kier molecular flexibility index (Phi) is 10.3. The van der Waals surface area contributed by atoms with E-state index in [4.69, 9.17) is 0 Å². The highest BCUT2D eigenvalue weighted by Crippen LogP contribution is 2.43. The molecule has 0 aliphatic carbocycles. The lowest BCUT2D eigenvalue weighted by atomic mass is 9.98. The summed E-state index contributed by atoms with van der Waals surface area (Å²) in [6.45, 7) is 0. The van der Waals surface area contributed by atoms with Crippen LogP contribution in [0.1, 0.15) is 0 Å². The predicted molar refractivity (Wildman–Crippen MR) is 273 cm³/mol. The van der Waals surface area contributed by atoms with Crippen molar-refractivity contribution >= 4 is 55.7 Å². The maximum Gasteiger partial charge on any atom is 0.0546 e. The molecule has 11 aromatic rings. The van der Waals surface area contributed by atoms with Crippen molar-refractivity contribution in [2.75, 3.05) is 9.80 Å². The lowest BCUT2D eigenvalue weighted by molar-refractivity contribution is 1.28. The van der Waals surface area contributed by atoms with Crippen molar-refractivity contribution in [2.24, 2.45) is 0 Å². The molecule has 0 heterocycles. The van der Waals surface area contributed by atoms with E-state index in [1.165, 1.54) is 54.9 Å². The van der Waals surface area contributed by atoms with Crippen LogP contribution in [0.5, 0.6) is 0 Å². The summed E-state index contributed by atoms with van der Waals surface area (Å²) >= 11 is 0. The number of hydrogen-bond acceptors (Lipinski definition) is 2. The third-order valence-corrected chi connectivity index (χ3v) is 12.2. The third kappa shape index (κ3) is 7.59. The largest absolute Gasteiger partial charge is 0.311 e. The summed E-state index contributed by atoms with van der Waals surface area (Å²) in [5.74, 6) is 0. The minimum Gasteiger partial charge on any atom is -0.311 e. The van der Waals surface area contributed by atoms with Gasteiger partial charge in [-0.1, -0.05) is 194 Å². The van der Waals surface area contributed by atoms with Crippen LogP contribution in [0, 0.1) is 0 Å². The van der Waals surface area contributed by atoms with E-state index in [1.807, 2.05) is 0 Å². The molecule has 2 nitrogen and oxygen atoms in total. The highest BCUT2D eigenvalue weighted by molar-refractivity contribution is 6.14. The number of anilines is 6. The van der Waals surface area contributed by atoms with E-state index in [0.717, 1.165) is 45.3 Å². The van der Waals surface area contributed by atoms with Crippen LogP contribution in [0.4, 0.5) is 34.1 Å². The fourth-order valence-corrected chi connectivity index (χ4v) is 9.02. The number of rotatable bonds is 10. The van der Waals surface area contributed by atoms with Gasteiger partial charge in [-0.2, -0.15) is 0 Å². The fraction of sp³-hybridized carbons (Fsp3) is 0. The molecule has 0 aliphatic rings. The van der Waals surface area contributed by atoms with Crippen LogP contribution >= 0.6 is 0 Å². The highest BCUT2D eigenvalue weighted by Gasteiger charge is 2.19. The Hall–Kier alpha value is -8.46. The monoisotopic (exact) mass is 816 g/mol. The Morgan fingerprint density at radius 3 is 1.02 bits per heavy atom. The van der Waals surface area contributed by atoms with Crippen LogP contribution in [-0.4, -0.2) is 0 Å². The Balaban J connectivity index is 0.922. The molecule has 0 aromatic heterocycles. The smallest absolute Gasteiger partial charge is 0.0546 e. The zero-order valence-electron chi connectivity index (χ0n) is 35.3. The molecule has 2 heteroatoms. The Morgan fingerprint density at radius 2 is 0.516 bits per heavy atom. The number of fused-ring (bicyclic) bond motifs is 3. The van der Waals surface area contributed by atoms with Gasteiger partial charge in [0.15, 0.2) is 0 Å². The SMILES string of the molecule is c1ccc(-c2ccc(N(c3ccc(-c4ccc(N(c5ccccc5)c5ccc(-c6cccc(-c7ccccc7)c6)cc5)cc4)cc3)c3cc4ccccc4c4ccccc34)cc2)cc1. The van der Waals surface area contributed by atoms with Crippen LogP contribution in [0.3, 0.4) is 0 Å². The van der Waals surface area contributed by atoms with Crippen molar-refractivity contribution in [2.45, 2.75) is 0 Å². The minimum atomic E-state index is 1.10. The summed E-state index contributed by atoms with van der Waals surface area (Å²) in [5.41, 5.74) is 16.2. The van der Waals surface area contributed by atoms with Crippen LogP contribution in [-0.2, 0) is 0 Å². The van der Waals surface area contributed by atoms with Crippen LogP contribution in [0.2, 0.25) is 0 Å². The Bertz CT molecular complexity index is 3330. The van der Waals surface area contributed by atoms with Gasteiger partial charge in [-0.15, -0.1) is 0 Å². The van der Waals surface area contributed by atoms with Crippen molar-refractivity contribution in [1.29, 1.82) is 0 Å². The molecule has 0 bridgehead atoms. The first-order chi connectivity index (χ1) is 31.7. The van der Waals surface area contributed by atoms with Gasteiger partial charge in [0.05, 0.1) is 5.69 Å². The topological polar surface area (TPSA) is 6.48 Å². The zero-order chi connectivity index (χ0) is 42.7. The van der Waals surface area contributed by atoms with E-state index >= 15 is 0 Å². The maximum absolute atomic E-state index is 2.40. The summed E-state index contributed by atoms with van der Waals surface area (Å²) in [5, 5.41) is 4.93. The van der Waals surface area contributed by atoms with Gasteiger partial charge < -0.3 is 9.80 Å². The van der Waals surface area contributed by atoms with Gasteiger partial charge in [0.2, 0.25) is 0 Å². The van der Waals surface area contributed by atoms with Gasteiger partial charge in [-0.3, -0.25) is 0 Å². The zero-order valence-corrected chi connectivity index (χ0v) is 35.3. The Labute approximate surface area is 375 Å². The molecule has 0 fully saturated rings. The summed E-state index contributed by atoms with van der Waals surface area (Å²) in [6, 6.07) is 96.2. The second-order valence-corrected chi connectivity index (χ2v) is 16.2. The van der Waals surface area contributed by atoms with Crippen LogP contribution < -0.4 is 9.80 Å². The van der Waals surface area contributed by atoms with E-state index in [1.54, 1.807) is 0 Å². The number of para-hydroxylation sites is 1. The third-order valence-electron chi connectivity index (χ3n) is 12.2. The van der Waals surface area contributed by atoms with Gasteiger partial charge >= 0.3 is 0 Å². The number of nitrogens with zero attached hydrogens (tertiary/aromatic N) is 2. The number of hydrogen-bond donors (Lipinski definition) is 0. The lowest BCUT2D eigenvalue weighted by Crippen LogP contribution is -2.10. The molecule has 11 rings (SSSR count). The molecule has 0 spiro atoms. The van der Waals surface area contributed by atoms with Crippen molar-refractivity contribution in [3.63, 3.8) is 0 Å². The normalized spacial score (nSPS) is 11.1. The molecule has 0 saturated heterocycles. The van der Waals surface area contributed by atoms with Gasteiger partial charge in [0.1, 0.15) is 0 Å². The highest BCUT2D eigenvalue weighted by atomic mass is 15.1. The lowest BCUT2D eigenvalue weighted by Gasteiger charge is -2.28. The second kappa shape index (κ2) is 17.1. The van der Waals surface area contributed by atoms with Gasteiger partial charge in [0, 0.05) is 33.8 Å². The molecule has 11 aromatic carbocycles. The molecule has 0 radical (unpaired) electrons. The fourth-order valence-electron chi connectivity index (χ4n) is 9.02. The molecule has 302 valence electrons. The molecule has 0 unspecified atom stereocenters. The average Bonchev–Trinajstić information content (AvgIpc) is 3.38. The summed E-state index contributed by atoms with van der Waals surface area (Å²) in [4.78, 5) is 4.73. The molecule has 0 aliphatic heterocycles. The maximum atomic E-state index is 2.40.